The topological polar surface area (TPSA) is 83.6 Å². The Bertz CT molecular complexity index is 281. The quantitative estimate of drug-likeness (QED) is 0.420. The van der Waals surface area contributed by atoms with Crippen molar-refractivity contribution < 1.29 is 15.1 Å². The van der Waals surface area contributed by atoms with Gasteiger partial charge in [0, 0.05) is 0 Å². The van der Waals surface area contributed by atoms with E-state index in [1.165, 1.54) is 6.07 Å². The van der Waals surface area contributed by atoms with Crippen molar-refractivity contribution >= 4 is 33.0 Å². The predicted octanol–water partition coefficient (Wildman–Crippen LogP) is 0.0898. The molecule has 0 atom stereocenters. The molecule has 6 heteroatoms. The van der Waals surface area contributed by atoms with E-state index in [-0.39, 0.29) is 27.3 Å². The molecule has 0 aliphatic rings. The van der Waals surface area contributed by atoms with E-state index in [0.29, 0.717) is 0 Å². The van der Waals surface area contributed by atoms with Crippen LogP contribution in [0, 0.1) is 10.1 Å². The van der Waals surface area contributed by atoms with E-state index in [9.17, 15) is 10.1 Å². The minimum atomic E-state index is -0.843. The number of phenols is 2. The molecular weight excluding hydrogens is 357 g/mol. The van der Waals surface area contributed by atoms with Crippen molar-refractivity contribution in [2.24, 2.45) is 0 Å². The molecule has 1 aromatic rings. The number of rotatable bonds is 1. The van der Waals surface area contributed by atoms with Crippen molar-refractivity contribution in [1.29, 1.82) is 0 Å². The normalized spacial score (nSPS) is 8.67. The van der Waals surface area contributed by atoms with Gasteiger partial charge in [-0.1, -0.05) is 6.07 Å². The summed E-state index contributed by atoms with van der Waals surface area (Å²) in [6.45, 7) is 0. The third-order valence-corrected chi connectivity index (χ3v) is 1.18. The van der Waals surface area contributed by atoms with Gasteiger partial charge in [0.1, 0.15) is 0 Å². The Labute approximate surface area is 88.0 Å². The van der Waals surface area contributed by atoms with Crippen LogP contribution >= 0.6 is 0 Å². The minimum absolute atomic E-state index is 0. The van der Waals surface area contributed by atoms with E-state index in [2.05, 4.69) is 0 Å². The van der Waals surface area contributed by atoms with E-state index in [0.717, 1.165) is 12.1 Å². The second-order valence-corrected chi connectivity index (χ2v) is 1.90. The number of nitro benzene ring substituents is 1. The Morgan fingerprint density at radius 3 is 1.92 bits per heavy atom. The van der Waals surface area contributed by atoms with E-state index >= 15 is 0 Å². The van der Waals surface area contributed by atoms with E-state index in [1.54, 1.807) is 0 Å². The summed E-state index contributed by atoms with van der Waals surface area (Å²) >= 11 is 0. The molecular formula is C6H7NO4Pb+2. The molecule has 0 spiro atoms. The summed E-state index contributed by atoms with van der Waals surface area (Å²) in [5, 5.41) is 27.8. The van der Waals surface area contributed by atoms with Crippen LogP contribution in [0.25, 0.3) is 0 Å². The fraction of sp³-hybridized carbons (Fsp3) is 0. The average Bonchev–Trinajstić information content (AvgIpc) is 1.85. The first-order valence-electron chi connectivity index (χ1n) is 2.78. The molecule has 0 unspecified atom stereocenters. The van der Waals surface area contributed by atoms with Crippen LogP contribution in [0.3, 0.4) is 0 Å². The van der Waals surface area contributed by atoms with Gasteiger partial charge in [-0.25, -0.2) is 0 Å². The zero-order valence-corrected chi connectivity index (χ0v) is 11.6. The Morgan fingerprint density at radius 2 is 1.67 bits per heavy atom. The Kier molecular flexibility index (Phi) is 3.94. The molecule has 0 aromatic heterocycles. The van der Waals surface area contributed by atoms with Gasteiger partial charge in [0.25, 0.3) is 0 Å². The molecule has 5 nitrogen and oxygen atoms in total. The second-order valence-electron chi connectivity index (χ2n) is 1.90. The SMILES string of the molecule is O=[N+]([O-])c1c(O)cccc1O.[PbH2+2]. The maximum absolute atomic E-state index is 10.1. The number of nitro groups is 1. The summed E-state index contributed by atoms with van der Waals surface area (Å²) in [5.41, 5.74) is -0.660. The third-order valence-electron chi connectivity index (χ3n) is 1.18. The number of hydrogen-bond acceptors (Lipinski definition) is 4. The fourth-order valence-corrected chi connectivity index (χ4v) is 0.707. The van der Waals surface area contributed by atoms with E-state index in [4.69, 9.17) is 10.2 Å². The van der Waals surface area contributed by atoms with Gasteiger partial charge in [-0.15, -0.1) is 0 Å². The summed E-state index contributed by atoms with van der Waals surface area (Å²) in [6, 6.07) is 3.59. The molecule has 0 saturated heterocycles. The zero-order valence-electron chi connectivity index (χ0n) is 6.10. The molecule has 1 aromatic carbocycles. The molecule has 1 rings (SSSR count). The standard InChI is InChI=1S/C6H5NO4.Pb.2H/c8-4-2-1-3-5(9)6(4)7(10)11;;;/h1-3,8-9H;;;/q;+2;;. The number of nitrogens with zero attached hydrogens (tertiary/aromatic N) is 1. The molecule has 12 heavy (non-hydrogen) atoms. The van der Waals surface area contributed by atoms with Gasteiger partial charge in [0.15, 0.2) is 11.5 Å². The molecule has 0 bridgehead atoms. The average molecular weight is 364 g/mol. The van der Waals surface area contributed by atoms with Crippen molar-refractivity contribution in [1.82, 2.24) is 0 Å². The van der Waals surface area contributed by atoms with Crippen LogP contribution < -0.4 is 0 Å². The molecule has 0 aliphatic carbocycles. The van der Waals surface area contributed by atoms with Gasteiger partial charge in [0.2, 0.25) is 0 Å². The van der Waals surface area contributed by atoms with Crippen LogP contribution in [-0.2, 0) is 0 Å². The van der Waals surface area contributed by atoms with Crippen molar-refractivity contribution in [2.75, 3.05) is 0 Å². The van der Waals surface area contributed by atoms with Gasteiger partial charge in [-0.05, 0) is 12.1 Å². The fourth-order valence-electron chi connectivity index (χ4n) is 0.707. The van der Waals surface area contributed by atoms with Gasteiger partial charge >= 0.3 is 33.0 Å². The molecule has 0 aliphatic heterocycles. The number of para-hydroxylation sites is 1. The summed E-state index contributed by atoms with van der Waals surface area (Å²) in [5.74, 6) is -1.06. The Hall–Kier alpha value is -0.858. The monoisotopic (exact) mass is 365 g/mol. The van der Waals surface area contributed by atoms with Gasteiger partial charge in [-0.2, -0.15) is 0 Å². The van der Waals surface area contributed by atoms with E-state index in [1.807, 2.05) is 0 Å². The first-order valence-corrected chi connectivity index (χ1v) is 2.78. The third kappa shape index (κ3) is 2.06. The predicted molar refractivity (Wildman–Crippen MR) is 45.0 cm³/mol. The molecule has 0 fully saturated rings. The molecule has 62 valence electrons. The van der Waals surface area contributed by atoms with Gasteiger partial charge in [-0.3, -0.25) is 10.1 Å². The first kappa shape index (κ1) is 11.1. The van der Waals surface area contributed by atoms with Crippen molar-refractivity contribution in [2.45, 2.75) is 0 Å². The van der Waals surface area contributed by atoms with Crippen LogP contribution in [0.2, 0.25) is 0 Å². The zero-order chi connectivity index (χ0) is 8.43. The second kappa shape index (κ2) is 4.24. The Morgan fingerprint density at radius 1 is 1.25 bits per heavy atom. The van der Waals surface area contributed by atoms with Crippen molar-refractivity contribution in [3.63, 3.8) is 0 Å². The van der Waals surface area contributed by atoms with Crippen LogP contribution in [0.1, 0.15) is 0 Å². The molecule has 0 saturated carbocycles. The number of aromatic hydroxyl groups is 2. The van der Waals surface area contributed by atoms with E-state index < -0.39 is 22.1 Å². The number of phenolic OH excluding ortho intramolecular Hbond substituents is 2. The molecule has 0 amide bonds. The number of hydrogen-bond donors (Lipinski definition) is 2. The summed E-state index contributed by atoms with van der Waals surface area (Å²) in [6.07, 6.45) is 0. The molecule has 0 heterocycles. The maximum atomic E-state index is 10.1. The van der Waals surface area contributed by atoms with Crippen LogP contribution in [0.4, 0.5) is 5.69 Å². The van der Waals surface area contributed by atoms with Crippen molar-refractivity contribution in [3.8, 4) is 11.5 Å². The summed E-state index contributed by atoms with van der Waals surface area (Å²) in [4.78, 5) is 9.29. The van der Waals surface area contributed by atoms with Crippen LogP contribution in [0.5, 0.6) is 11.5 Å². The van der Waals surface area contributed by atoms with Gasteiger partial charge < -0.3 is 10.2 Å². The van der Waals surface area contributed by atoms with Gasteiger partial charge in [0.05, 0.1) is 4.92 Å². The first-order chi connectivity index (χ1) is 5.13. The van der Waals surface area contributed by atoms with Crippen LogP contribution in [0.15, 0.2) is 18.2 Å². The van der Waals surface area contributed by atoms with Crippen LogP contribution in [-0.4, -0.2) is 42.4 Å². The molecule has 0 radical (unpaired) electrons. The summed E-state index contributed by atoms with van der Waals surface area (Å²) in [7, 11) is 0. The molecule has 2 N–H and O–H groups in total. The Balaban J connectivity index is 0.00000121. The van der Waals surface area contributed by atoms with Crippen molar-refractivity contribution in [3.05, 3.63) is 28.3 Å². The number of benzene rings is 1. The summed E-state index contributed by atoms with van der Waals surface area (Å²) < 4.78 is 0.